The summed E-state index contributed by atoms with van der Waals surface area (Å²) in [6.07, 6.45) is 0.807. The maximum Gasteiger partial charge on any atom is 0.241 e. The van der Waals surface area contributed by atoms with E-state index in [2.05, 4.69) is 39.7 Å². The van der Waals surface area contributed by atoms with Crippen LogP contribution in [0.5, 0.6) is 5.75 Å². The van der Waals surface area contributed by atoms with Crippen molar-refractivity contribution < 1.29 is 4.74 Å². The molecule has 3 aromatic carbocycles. The van der Waals surface area contributed by atoms with Crippen LogP contribution in [0.1, 0.15) is 35.2 Å². The summed E-state index contributed by atoms with van der Waals surface area (Å²) in [5.74, 6) is 1.75. The number of nitrogens with one attached hydrogen (secondary N) is 1. The van der Waals surface area contributed by atoms with E-state index in [-0.39, 0.29) is 18.0 Å². The van der Waals surface area contributed by atoms with Gasteiger partial charge in [0, 0.05) is 5.02 Å². The van der Waals surface area contributed by atoms with Crippen molar-refractivity contribution in [2.45, 2.75) is 25.1 Å². The predicted molar refractivity (Wildman–Crippen MR) is 122 cm³/mol. The van der Waals surface area contributed by atoms with E-state index >= 15 is 0 Å². The molecule has 2 heterocycles. The zero-order valence-electron chi connectivity index (χ0n) is 16.8. The second kappa shape index (κ2) is 8.32. The van der Waals surface area contributed by atoms with Crippen LogP contribution in [0.15, 0.2) is 78.9 Å². The molecule has 1 aliphatic heterocycles. The Bertz CT molecular complexity index is 1160. The fourth-order valence-electron chi connectivity index (χ4n) is 3.91. The molecule has 31 heavy (non-hydrogen) atoms. The summed E-state index contributed by atoms with van der Waals surface area (Å²) >= 11 is 6.06. The quantitative estimate of drug-likeness (QED) is 0.452. The van der Waals surface area contributed by atoms with Crippen LogP contribution in [-0.4, -0.2) is 14.8 Å². The van der Waals surface area contributed by atoms with Gasteiger partial charge in [-0.15, -0.1) is 5.10 Å². The number of rotatable bonds is 5. The first-order valence-electron chi connectivity index (χ1n) is 10.2. The Kier molecular flexibility index (Phi) is 5.22. The molecule has 2 atom stereocenters. The van der Waals surface area contributed by atoms with Crippen molar-refractivity contribution in [2.75, 3.05) is 11.1 Å². The van der Waals surface area contributed by atoms with Gasteiger partial charge in [-0.25, -0.2) is 4.68 Å². The number of hydrogen-bond donors (Lipinski definition) is 2. The number of anilines is 2. The third-order valence-electron chi connectivity index (χ3n) is 5.49. The van der Waals surface area contributed by atoms with Crippen LogP contribution in [0.4, 0.5) is 11.9 Å². The van der Waals surface area contributed by atoms with Crippen LogP contribution < -0.4 is 15.8 Å². The topological polar surface area (TPSA) is 78.0 Å². The van der Waals surface area contributed by atoms with Crippen LogP contribution >= 0.6 is 11.6 Å². The molecule has 3 N–H and O–H groups in total. The summed E-state index contributed by atoms with van der Waals surface area (Å²) in [5.41, 5.74) is 9.31. The number of nitrogens with two attached hydrogens (primary N) is 1. The maximum absolute atomic E-state index is 6.06. The lowest BCUT2D eigenvalue weighted by molar-refractivity contribution is 0.306. The third kappa shape index (κ3) is 4.20. The van der Waals surface area contributed by atoms with Crippen LogP contribution in [0.25, 0.3) is 0 Å². The lowest BCUT2D eigenvalue weighted by atomic mass is 9.93. The maximum atomic E-state index is 6.06. The molecule has 0 unspecified atom stereocenters. The molecule has 7 heteroatoms. The van der Waals surface area contributed by atoms with Crippen LogP contribution in [0.2, 0.25) is 5.02 Å². The number of hydrogen-bond acceptors (Lipinski definition) is 5. The van der Waals surface area contributed by atoms with Crippen molar-refractivity contribution in [3.05, 3.63) is 101 Å². The molecule has 1 aromatic heterocycles. The molecule has 0 aliphatic carbocycles. The molecule has 0 fully saturated rings. The van der Waals surface area contributed by atoms with Crippen LogP contribution in [0, 0.1) is 0 Å². The minimum atomic E-state index is 0.00454. The van der Waals surface area contributed by atoms with Crippen LogP contribution in [-0.2, 0) is 6.61 Å². The van der Waals surface area contributed by atoms with E-state index in [1.165, 1.54) is 0 Å². The smallest absolute Gasteiger partial charge is 0.241 e. The average molecular weight is 432 g/mol. The highest BCUT2D eigenvalue weighted by molar-refractivity contribution is 6.30. The van der Waals surface area contributed by atoms with Crippen LogP contribution in [0.3, 0.4) is 0 Å². The van der Waals surface area contributed by atoms with Gasteiger partial charge in [0.1, 0.15) is 12.4 Å². The van der Waals surface area contributed by atoms with Gasteiger partial charge in [-0.2, -0.15) is 4.98 Å². The molecule has 0 radical (unpaired) electrons. The normalized spacial score (nSPS) is 17.6. The molecule has 156 valence electrons. The fraction of sp³-hybridized carbons (Fsp3) is 0.167. The number of ether oxygens (including phenoxy) is 1. The Morgan fingerprint density at radius 2 is 1.68 bits per heavy atom. The molecule has 6 nitrogen and oxygen atoms in total. The van der Waals surface area contributed by atoms with Gasteiger partial charge in [0.15, 0.2) is 0 Å². The highest BCUT2D eigenvalue weighted by Gasteiger charge is 2.30. The van der Waals surface area contributed by atoms with Crippen molar-refractivity contribution in [3.8, 4) is 5.75 Å². The lowest BCUT2D eigenvalue weighted by Crippen LogP contribution is -2.28. The number of nitrogen functional groups attached to an aromatic ring is 1. The van der Waals surface area contributed by atoms with Gasteiger partial charge in [-0.05, 0) is 47.4 Å². The molecule has 0 amide bonds. The summed E-state index contributed by atoms with van der Waals surface area (Å²) in [5, 5.41) is 8.58. The Hall–Kier alpha value is -3.51. The molecular formula is C24H22ClN5O. The van der Waals surface area contributed by atoms with Crippen molar-refractivity contribution >= 4 is 23.5 Å². The van der Waals surface area contributed by atoms with E-state index in [4.69, 9.17) is 22.1 Å². The molecule has 5 rings (SSSR count). The van der Waals surface area contributed by atoms with Gasteiger partial charge in [-0.1, -0.05) is 66.2 Å². The Morgan fingerprint density at radius 3 is 2.42 bits per heavy atom. The second-order valence-corrected chi connectivity index (χ2v) is 8.02. The van der Waals surface area contributed by atoms with Crippen molar-refractivity contribution in [1.29, 1.82) is 0 Å². The lowest BCUT2D eigenvalue weighted by Gasteiger charge is -2.31. The summed E-state index contributed by atoms with van der Waals surface area (Å²) < 4.78 is 7.79. The zero-order chi connectivity index (χ0) is 21.2. The monoisotopic (exact) mass is 431 g/mol. The highest BCUT2D eigenvalue weighted by atomic mass is 35.5. The van der Waals surface area contributed by atoms with E-state index < -0.39 is 0 Å². The third-order valence-corrected chi connectivity index (χ3v) is 5.74. The first kappa shape index (κ1) is 19.5. The van der Waals surface area contributed by atoms with Gasteiger partial charge < -0.3 is 15.8 Å². The molecule has 1 aliphatic rings. The molecule has 0 saturated heterocycles. The van der Waals surface area contributed by atoms with Gasteiger partial charge in [-0.3, -0.25) is 0 Å². The van der Waals surface area contributed by atoms with Gasteiger partial charge in [0.2, 0.25) is 11.9 Å². The summed E-state index contributed by atoms with van der Waals surface area (Å²) in [6.45, 7) is 0.538. The number of halogens is 1. The molecule has 0 spiro atoms. The Balaban J connectivity index is 1.38. The Labute approximate surface area is 185 Å². The zero-order valence-corrected chi connectivity index (χ0v) is 17.5. The van der Waals surface area contributed by atoms with Crippen molar-refractivity contribution in [3.63, 3.8) is 0 Å². The summed E-state index contributed by atoms with van der Waals surface area (Å²) in [7, 11) is 0. The first-order valence-corrected chi connectivity index (χ1v) is 10.5. The largest absolute Gasteiger partial charge is 0.489 e. The molecule has 0 saturated carbocycles. The number of benzene rings is 3. The van der Waals surface area contributed by atoms with E-state index in [1.807, 2.05) is 59.3 Å². The fourth-order valence-corrected chi connectivity index (χ4v) is 4.04. The molecular weight excluding hydrogens is 410 g/mol. The average Bonchev–Trinajstić information content (AvgIpc) is 3.19. The minimum Gasteiger partial charge on any atom is -0.489 e. The molecule has 4 aromatic rings. The summed E-state index contributed by atoms with van der Waals surface area (Å²) in [4.78, 5) is 4.37. The van der Waals surface area contributed by atoms with E-state index in [1.54, 1.807) is 0 Å². The van der Waals surface area contributed by atoms with Crippen molar-refractivity contribution in [1.82, 2.24) is 14.8 Å². The van der Waals surface area contributed by atoms with Gasteiger partial charge in [0.25, 0.3) is 0 Å². The SMILES string of the molecule is Nc1nc2n(n1)[C@H](c1ccc(OCc3ccccc3)cc1)C[C@H](c1ccc(Cl)cc1)N2. The summed E-state index contributed by atoms with van der Waals surface area (Å²) in [6, 6.07) is 26.2. The van der Waals surface area contributed by atoms with Gasteiger partial charge >= 0.3 is 0 Å². The van der Waals surface area contributed by atoms with E-state index in [0.717, 1.165) is 33.9 Å². The standard InChI is InChI=1S/C24H22ClN5O/c25-19-10-6-17(7-11-19)21-14-22(30-24(27-21)28-23(26)29-30)18-8-12-20(13-9-18)31-15-16-4-2-1-3-5-16/h1-13,21-22H,14-15H2,(H3,26,27,28,29)/t21-,22+/m1/s1. The number of fused-ring (bicyclic) bond motifs is 1. The Morgan fingerprint density at radius 1 is 0.968 bits per heavy atom. The molecule has 0 bridgehead atoms. The van der Waals surface area contributed by atoms with E-state index in [0.29, 0.717) is 12.6 Å². The predicted octanol–water partition coefficient (Wildman–Crippen LogP) is 5.24. The minimum absolute atomic E-state index is 0.00454. The second-order valence-electron chi connectivity index (χ2n) is 7.58. The van der Waals surface area contributed by atoms with Crippen molar-refractivity contribution in [2.24, 2.45) is 0 Å². The van der Waals surface area contributed by atoms with E-state index in [9.17, 15) is 0 Å². The highest BCUT2D eigenvalue weighted by Crippen LogP contribution is 2.38. The van der Waals surface area contributed by atoms with Gasteiger partial charge in [0.05, 0.1) is 12.1 Å². The first-order chi connectivity index (χ1) is 15.2. The number of aromatic nitrogens is 3. The number of nitrogens with zero attached hydrogens (tertiary/aromatic N) is 3.